The van der Waals surface area contributed by atoms with Crippen molar-refractivity contribution >= 4 is 25.8 Å². The van der Waals surface area contributed by atoms with Crippen LogP contribution in [0.5, 0.6) is 0 Å². The second-order valence-corrected chi connectivity index (χ2v) is 9.77. The lowest BCUT2D eigenvalue weighted by atomic mass is 10.2. The van der Waals surface area contributed by atoms with Gasteiger partial charge < -0.3 is 5.32 Å². The lowest BCUT2D eigenvalue weighted by molar-refractivity contribution is 0.0941. The molecule has 0 radical (unpaired) electrons. The number of rotatable bonds is 4. The molecule has 1 aromatic carbocycles. The molecule has 1 heterocycles. The summed E-state index contributed by atoms with van der Waals surface area (Å²) in [5.74, 6) is -0.375. The Morgan fingerprint density at radius 1 is 1.23 bits per heavy atom. The van der Waals surface area contributed by atoms with E-state index in [2.05, 4.69) is 5.32 Å². The minimum atomic E-state index is -3.53. The predicted molar refractivity (Wildman–Crippen MR) is 81.8 cm³/mol. The van der Waals surface area contributed by atoms with E-state index in [-0.39, 0.29) is 22.4 Å². The molecule has 1 unspecified atom stereocenters. The normalized spacial score (nSPS) is 21.0. The summed E-state index contributed by atoms with van der Waals surface area (Å²) in [6, 6.07) is 5.15. The van der Waals surface area contributed by atoms with Crippen LogP contribution >= 0.6 is 0 Å². The van der Waals surface area contributed by atoms with E-state index in [1.54, 1.807) is 0 Å². The molecular formula is C13H18N2O5S2. The first-order valence-electron chi connectivity index (χ1n) is 6.66. The minimum Gasteiger partial charge on any atom is -0.348 e. The zero-order chi connectivity index (χ0) is 16.5. The average Bonchev–Trinajstić information content (AvgIpc) is 2.77. The zero-order valence-corrected chi connectivity index (χ0v) is 13.9. The van der Waals surface area contributed by atoms with Crippen molar-refractivity contribution < 1.29 is 21.6 Å². The molecule has 1 aliphatic rings. The van der Waals surface area contributed by atoms with Crippen LogP contribution < -0.4 is 5.32 Å². The Bertz CT molecular complexity index is 767. The number of benzene rings is 1. The Hall–Kier alpha value is -1.45. The van der Waals surface area contributed by atoms with Crippen LogP contribution in [0.15, 0.2) is 29.2 Å². The molecule has 1 amide bonds. The minimum absolute atomic E-state index is 0.0498. The highest BCUT2D eigenvalue weighted by Gasteiger charge is 2.29. The van der Waals surface area contributed by atoms with E-state index >= 15 is 0 Å². The average molecular weight is 346 g/mol. The molecule has 0 bridgehead atoms. The van der Waals surface area contributed by atoms with Gasteiger partial charge in [-0.1, -0.05) is 0 Å². The van der Waals surface area contributed by atoms with Crippen LogP contribution in [0.4, 0.5) is 0 Å². The number of nitrogens with one attached hydrogen (secondary N) is 1. The molecule has 0 aromatic heterocycles. The van der Waals surface area contributed by atoms with E-state index in [0.717, 1.165) is 4.31 Å². The molecule has 1 N–H and O–H groups in total. The predicted octanol–water partition coefficient (Wildman–Crippen LogP) is -0.146. The van der Waals surface area contributed by atoms with E-state index in [1.165, 1.54) is 38.4 Å². The van der Waals surface area contributed by atoms with E-state index in [0.29, 0.717) is 12.0 Å². The second kappa shape index (κ2) is 5.98. The number of amides is 1. The monoisotopic (exact) mass is 346 g/mol. The molecule has 22 heavy (non-hydrogen) atoms. The highest BCUT2D eigenvalue weighted by atomic mass is 32.2. The number of sulfone groups is 1. The van der Waals surface area contributed by atoms with Crippen molar-refractivity contribution in [2.24, 2.45) is 0 Å². The Balaban J connectivity index is 2.09. The van der Waals surface area contributed by atoms with E-state index in [9.17, 15) is 21.6 Å². The second-order valence-electron chi connectivity index (χ2n) is 5.39. The molecule has 122 valence electrons. The summed E-state index contributed by atoms with van der Waals surface area (Å²) in [4.78, 5) is 12.1. The third-order valence-corrected chi connectivity index (χ3v) is 7.06. The van der Waals surface area contributed by atoms with Gasteiger partial charge in [-0.25, -0.2) is 21.1 Å². The third-order valence-electron chi connectivity index (χ3n) is 3.46. The van der Waals surface area contributed by atoms with Gasteiger partial charge in [-0.2, -0.15) is 0 Å². The summed E-state index contributed by atoms with van der Waals surface area (Å²) >= 11 is 0. The van der Waals surface area contributed by atoms with Gasteiger partial charge in [0.1, 0.15) is 0 Å². The topological polar surface area (TPSA) is 101 Å². The molecule has 1 atom stereocenters. The maximum Gasteiger partial charge on any atom is 0.251 e. The number of nitrogens with zero attached hydrogens (tertiary/aromatic N) is 1. The molecule has 0 aliphatic carbocycles. The van der Waals surface area contributed by atoms with Crippen LogP contribution in [-0.4, -0.2) is 58.7 Å². The molecule has 1 saturated heterocycles. The van der Waals surface area contributed by atoms with Crippen molar-refractivity contribution in [3.05, 3.63) is 29.8 Å². The first kappa shape index (κ1) is 16.9. The molecule has 9 heteroatoms. The van der Waals surface area contributed by atoms with Crippen molar-refractivity contribution in [3.8, 4) is 0 Å². The van der Waals surface area contributed by atoms with Crippen LogP contribution in [-0.2, 0) is 19.9 Å². The standard InChI is InChI=1S/C13H18N2O5S2/c1-15(2)22(19,20)12-5-3-10(4-6-12)13(16)14-11-7-8-21(17,18)9-11/h3-6,11H,7-9H2,1-2H3,(H,14,16). The van der Waals surface area contributed by atoms with Crippen LogP contribution in [0.2, 0.25) is 0 Å². The first-order valence-corrected chi connectivity index (χ1v) is 9.92. The summed E-state index contributed by atoms with van der Waals surface area (Å²) in [6.07, 6.45) is 0.404. The highest BCUT2D eigenvalue weighted by molar-refractivity contribution is 7.91. The molecule has 0 spiro atoms. The van der Waals surface area contributed by atoms with Crippen molar-refractivity contribution in [2.45, 2.75) is 17.4 Å². The first-order chi connectivity index (χ1) is 10.1. The quantitative estimate of drug-likeness (QED) is 0.817. The van der Waals surface area contributed by atoms with Gasteiger partial charge in [0.2, 0.25) is 10.0 Å². The number of carbonyl (C=O) groups is 1. The molecular weight excluding hydrogens is 328 g/mol. The van der Waals surface area contributed by atoms with Crippen molar-refractivity contribution in [1.82, 2.24) is 9.62 Å². The molecule has 2 rings (SSSR count). The Kier molecular flexibility index (Phi) is 4.59. The van der Waals surface area contributed by atoms with Crippen molar-refractivity contribution in [1.29, 1.82) is 0 Å². The van der Waals surface area contributed by atoms with Crippen molar-refractivity contribution in [3.63, 3.8) is 0 Å². The lowest BCUT2D eigenvalue weighted by Gasteiger charge is -2.13. The van der Waals surface area contributed by atoms with Gasteiger partial charge in [0.15, 0.2) is 9.84 Å². The van der Waals surface area contributed by atoms with Crippen LogP contribution in [0.25, 0.3) is 0 Å². The third kappa shape index (κ3) is 3.65. The van der Waals surface area contributed by atoms with Gasteiger partial charge >= 0.3 is 0 Å². The maximum absolute atomic E-state index is 12.0. The molecule has 1 aliphatic heterocycles. The fourth-order valence-electron chi connectivity index (χ4n) is 2.17. The number of hydrogen-bond donors (Lipinski definition) is 1. The highest BCUT2D eigenvalue weighted by Crippen LogP contribution is 2.15. The summed E-state index contributed by atoms with van der Waals surface area (Å²) < 4.78 is 47.6. The van der Waals surface area contributed by atoms with Gasteiger partial charge in [0.05, 0.1) is 16.4 Å². The van der Waals surface area contributed by atoms with E-state index in [4.69, 9.17) is 0 Å². The summed E-state index contributed by atoms with van der Waals surface area (Å²) in [7, 11) is -3.74. The van der Waals surface area contributed by atoms with Gasteiger partial charge in [-0.05, 0) is 30.7 Å². The van der Waals surface area contributed by atoms with Crippen LogP contribution in [0.1, 0.15) is 16.8 Å². The summed E-state index contributed by atoms with van der Waals surface area (Å²) in [5.41, 5.74) is 0.294. The molecule has 1 fully saturated rings. The maximum atomic E-state index is 12.0. The molecule has 0 saturated carbocycles. The Morgan fingerprint density at radius 3 is 2.27 bits per heavy atom. The van der Waals surface area contributed by atoms with Gasteiger partial charge in [0.25, 0.3) is 5.91 Å². The van der Waals surface area contributed by atoms with Gasteiger partial charge in [0, 0.05) is 25.7 Å². The lowest BCUT2D eigenvalue weighted by Crippen LogP contribution is -2.35. The Labute approximate surface area is 130 Å². The van der Waals surface area contributed by atoms with Gasteiger partial charge in [-0.3, -0.25) is 4.79 Å². The SMILES string of the molecule is CN(C)S(=O)(=O)c1ccc(C(=O)NC2CCS(=O)(=O)C2)cc1. The molecule has 1 aromatic rings. The Morgan fingerprint density at radius 2 is 1.82 bits per heavy atom. The number of sulfonamides is 1. The van der Waals surface area contributed by atoms with Crippen LogP contribution in [0.3, 0.4) is 0 Å². The summed E-state index contributed by atoms with van der Waals surface area (Å²) in [6.45, 7) is 0. The number of carbonyl (C=O) groups excluding carboxylic acids is 1. The molecule has 7 nitrogen and oxygen atoms in total. The van der Waals surface area contributed by atoms with Crippen molar-refractivity contribution in [2.75, 3.05) is 25.6 Å². The van der Waals surface area contributed by atoms with Gasteiger partial charge in [-0.15, -0.1) is 0 Å². The zero-order valence-electron chi connectivity index (χ0n) is 12.3. The fourth-order valence-corrected chi connectivity index (χ4v) is 4.74. The van der Waals surface area contributed by atoms with E-state index < -0.39 is 25.8 Å². The smallest absolute Gasteiger partial charge is 0.251 e. The van der Waals surface area contributed by atoms with E-state index in [1.807, 2.05) is 0 Å². The number of hydrogen-bond acceptors (Lipinski definition) is 5. The van der Waals surface area contributed by atoms with Crippen LogP contribution in [0, 0.1) is 0 Å². The largest absolute Gasteiger partial charge is 0.348 e. The summed E-state index contributed by atoms with van der Waals surface area (Å²) in [5, 5.41) is 2.65. The fraction of sp³-hybridized carbons (Fsp3) is 0.462.